The van der Waals surface area contributed by atoms with Gasteiger partial charge in [0.25, 0.3) is 5.91 Å². The molecule has 0 unspecified atom stereocenters. The number of primary amides is 1. The van der Waals surface area contributed by atoms with Gasteiger partial charge in [-0.15, -0.1) is 24.7 Å². The van der Waals surface area contributed by atoms with E-state index < -0.39 is 18.1 Å². The molecule has 114 valence electrons. The number of carbonyl (C=O) groups is 3. The first-order chi connectivity index (χ1) is 10.0. The van der Waals surface area contributed by atoms with Gasteiger partial charge in [0.2, 0.25) is 5.91 Å². The maximum atomic E-state index is 11.8. The summed E-state index contributed by atoms with van der Waals surface area (Å²) in [5.74, 6) is 3.90. The molecular weight excluding hydrogens is 274 g/mol. The summed E-state index contributed by atoms with van der Waals surface area (Å²) >= 11 is 0. The van der Waals surface area contributed by atoms with Gasteiger partial charge in [-0.05, 0) is 0 Å². The van der Waals surface area contributed by atoms with Crippen molar-refractivity contribution in [2.24, 2.45) is 5.73 Å². The molecule has 0 aromatic rings. The average molecular weight is 293 g/mol. The van der Waals surface area contributed by atoms with Crippen LogP contribution in [0.1, 0.15) is 25.7 Å². The van der Waals surface area contributed by atoms with Crippen LogP contribution in [0.4, 0.5) is 4.79 Å². The third-order valence-electron chi connectivity index (χ3n) is 2.34. The highest BCUT2D eigenvalue weighted by Gasteiger charge is 2.22. The van der Waals surface area contributed by atoms with Crippen LogP contribution in [0.3, 0.4) is 0 Å². The normalized spacial score (nSPS) is 10.6. The Kier molecular flexibility index (Phi) is 9.76. The fourth-order valence-corrected chi connectivity index (χ4v) is 1.38. The van der Waals surface area contributed by atoms with Crippen molar-refractivity contribution in [2.75, 3.05) is 13.1 Å². The Balaban J connectivity index is 4.26. The first-order valence-electron chi connectivity index (χ1n) is 6.38. The lowest BCUT2D eigenvalue weighted by Gasteiger charge is -2.15. The van der Waals surface area contributed by atoms with Crippen LogP contribution in [0.2, 0.25) is 0 Å². The van der Waals surface area contributed by atoms with E-state index in [1.54, 1.807) is 0 Å². The van der Waals surface area contributed by atoms with E-state index in [9.17, 15) is 14.4 Å². The van der Waals surface area contributed by atoms with Crippen LogP contribution in [-0.2, 0) is 14.3 Å². The first kappa shape index (κ1) is 18.3. The highest BCUT2D eigenvalue weighted by Crippen LogP contribution is 2.03. The van der Waals surface area contributed by atoms with Gasteiger partial charge in [-0.1, -0.05) is 0 Å². The monoisotopic (exact) mass is 293 g/mol. The van der Waals surface area contributed by atoms with E-state index >= 15 is 0 Å². The minimum absolute atomic E-state index is 0.00504. The van der Waals surface area contributed by atoms with Gasteiger partial charge in [0.1, 0.15) is 0 Å². The zero-order valence-corrected chi connectivity index (χ0v) is 11.7. The van der Waals surface area contributed by atoms with Crippen molar-refractivity contribution in [3.63, 3.8) is 0 Å². The highest BCUT2D eigenvalue weighted by atomic mass is 16.6. The van der Waals surface area contributed by atoms with Gasteiger partial charge in [0.05, 0.1) is 0 Å². The van der Waals surface area contributed by atoms with Crippen molar-refractivity contribution in [3.05, 3.63) is 0 Å². The molecule has 0 saturated heterocycles. The highest BCUT2D eigenvalue weighted by molar-refractivity contribution is 5.84. The smallest absolute Gasteiger partial charge is 0.405 e. The van der Waals surface area contributed by atoms with E-state index in [-0.39, 0.29) is 25.3 Å². The SMILES string of the molecule is C#CCCNC(=O)CC[C@@H](OC(N)=O)C(=O)NCCC#C. The predicted molar refractivity (Wildman–Crippen MR) is 76.6 cm³/mol. The van der Waals surface area contributed by atoms with E-state index in [1.807, 2.05) is 0 Å². The molecule has 0 aliphatic carbocycles. The summed E-state index contributed by atoms with van der Waals surface area (Å²) in [6, 6.07) is 0. The molecule has 1 atom stereocenters. The summed E-state index contributed by atoms with van der Waals surface area (Å²) in [5, 5.41) is 5.06. The van der Waals surface area contributed by atoms with E-state index in [0.29, 0.717) is 19.4 Å². The van der Waals surface area contributed by atoms with Gasteiger partial charge in [-0.25, -0.2) is 4.79 Å². The second-order valence-corrected chi connectivity index (χ2v) is 4.01. The summed E-state index contributed by atoms with van der Waals surface area (Å²) in [7, 11) is 0. The molecule has 7 heteroatoms. The molecule has 0 fully saturated rings. The maximum Gasteiger partial charge on any atom is 0.405 e. The Bertz CT molecular complexity index is 448. The number of nitrogens with two attached hydrogens (primary N) is 1. The molecule has 0 aromatic carbocycles. The lowest BCUT2D eigenvalue weighted by atomic mass is 10.1. The Labute approximate surface area is 124 Å². The zero-order valence-electron chi connectivity index (χ0n) is 11.7. The fourth-order valence-electron chi connectivity index (χ4n) is 1.38. The molecule has 0 spiro atoms. The van der Waals surface area contributed by atoms with E-state index in [2.05, 4.69) is 27.2 Å². The summed E-state index contributed by atoms with van der Waals surface area (Å²) in [4.78, 5) is 34.0. The van der Waals surface area contributed by atoms with E-state index in [4.69, 9.17) is 18.6 Å². The van der Waals surface area contributed by atoms with Gasteiger partial charge in [0, 0.05) is 38.8 Å². The average Bonchev–Trinajstić information content (AvgIpc) is 2.43. The van der Waals surface area contributed by atoms with Crippen LogP contribution in [0, 0.1) is 24.7 Å². The number of carbonyl (C=O) groups excluding carboxylic acids is 3. The van der Waals surface area contributed by atoms with Crippen LogP contribution < -0.4 is 16.4 Å². The van der Waals surface area contributed by atoms with Gasteiger partial charge >= 0.3 is 6.09 Å². The lowest BCUT2D eigenvalue weighted by Crippen LogP contribution is -2.40. The van der Waals surface area contributed by atoms with Crippen LogP contribution in [0.25, 0.3) is 0 Å². The van der Waals surface area contributed by atoms with E-state index in [0.717, 1.165) is 0 Å². The van der Waals surface area contributed by atoms with Crippen molar-refractivity contribution >= 4 is 17.9 Å². The van der Waals surface area contributed by atoms with Crippen molar-refractivity contribution in [1.29, 1.82) is 0 Å². The molecule has 0 aromatic heterocycles. The molecule has 0 saturated carbocycles. The molecule has 0 rings (SSSR count). The molecule has 4 N–H and O–H groups in total. The molecule has 7 nitrogen and oxygen atoms in total. The number of nitrogens with one attached hydrogen (secondary N) is 2. The number of hydrogen-bond acceptors (Lipinski definition) is 4. The number of amides is 3. The van der Waals surface area contributed by atoms with Crippen molar-refractivity contribution in [2.45, 2.75) is 31.8 Å². The van der Waals surface area contributed by atoms with Gasteiger partial charge in [-0.2, -0.15) is 0 Å². The summed E-state index contributed by atoms with van der Waals surface area (Å²) in [5.41, 5.74) is 4.89. The van der Waals surface area contributed by atoms with Crippen molar-refractivity contribution in [3.8, 4) is 24.7 Å². The maximum absolute atomic E-state index is 11.8. The predicted octanol–water partition coefficient (Wildman–Crippen LogP) is -0.490. The summed E-state index contributed by atoms with van der Waals surface area (Å²) in [6.45, 7) is 0.605. The summed E-state index contributed by atoms with van der Waals surface area (Å²) < 4.78 is 4.68. The third-order valence-corrected chi connectivity index (χ3v) is 2.34. The Morgan fingerprint density at radius 3 is 2.19 bits per heavy atom. The number of ether oxygens (including phenoxy) is 1. The van der Waals surface area contributed by atoms with E-state index in [1.165, 1.54) is 0 Å². The Morgan fingerprint density at radius 1 is 1.10 bits per heavy atom. The number of terminal acetylenes is 2. The quantitative estimate of drug-likeness (QED) is 0.393. The van der Waals surface area contributed by atoms with Gasteiger partial charge in [0.15, 0.2) is 6.10 Å². The third kappa shape index (κ3) is 9.85. The Morgan fingerprint density at radius 2 is 1.67 bits per heavy atom. The standard InChI is InChI=1S/C14H19N3O4/c1-3-5-9-16-12(18)8-7-11(21-14(15)20)13(19)17-10-6-4-2/h1-2,11H,5-10H2,(H2,15,20)(H,16,18)(H,17,19)/t11-/m1/s1. The molecule has 0 aliphatic rings. The lowest BCUT2D eigenvalue weighted by molar-refractivity contribution is -0.130. The topological polar surface area (TPSA) is 111 Å². The van der Waals surface area contributed by atoms with Crippen LogP contribution in [-0.4, -0.2) is 37.1 Å². The zero-order chi connectivity index (χ0) is 16.1. The van der Waals surface area contributed by atoms with Crippen LogP contribution in [0.15, 0.2) is 0 Å². The van der Waals surface area contributed by atoms with Crippen molar-refractivity contribution in [1.82, 2.24) is 10.6 Å². The number of rotatable bonds is 9. The molecule has 0 radical (unpaired) electrons. The van der Waals surface area contributed by atoms with Crippen LogP contribution >= 0.6 is 0 Å². The molecule has 0 aliphatic heterocycles. The molecule has 0 heterocycles. The fraction of sp³-hybridized carbons (Fsp3) is 0.500. The van der Waals surface area contributed by atoms with Crippen molar-refractivity contribution < 1.29 is 19.1 Å². The second kappa shape index (κ2) is 11.2. The minimum Gasteiger partial charge on any atom is -0.436 e. The molecule has 3 amide bonds. The molecule has 0 bridgehead atoms. The van der Waals surface area contributed by atoms with Gasteiger partial charge < -0.3 is 21.1 Å². The minimum atomic E-state index is -1.13. The van der Waals surface area contributed by atoms with Crippen LogP contribution in [0.5, 0.6) is 0 Å². The Hall–Kier alpha value is -2.67. The van der Waals surface area contributed by atoms with Gasteiger partial charge in [-0.3, -0.25) is 9.59 Å². The summed E-state index contributed by atoms with van der Waals surface area (Å²) in [6.07, 6.45) is 8.69. The largest absolute Gasteiger partial charge is 0.436 e. The molecular formula is C14H19N3O4. The second-order valence-electron chi connectivity index (χ2n) is 4.01. The number of hydrogen-bond donors (Lipinski definition) is 3. The first-order valence-corrected chi connectivity index (χ1v) is 6.38. The molecule has 21 heavy (non-hydrogen) atoms.